The van der Waals surface area contributed by atoms with Crippen molar-refractivity contribution in [3.05, 3.63) is 45.4 Å². The van der Waals surface area contributed by atoms with Crippen LogP contribution in [0.25, 0.3) is 10.2 Å². The lowest BCUT2D eigenvalue weighted by molar-refractivity contribution is -0.119. The quantitative estimate of drug-likeness (QED) is 0.529. The second-order valence-electron chi connectivity index (χ2n) is 6.25. The Hall–Kier alpha value is -2.98. The van der Waals surface area contributed by atoms with Crippen molar-refractivity contribution in [2.75, 3.05) is 17.7 Å². The Morgan fingerprint density at radius 2 is 2.03 bits per heavy atom. The van der Waals surface area contributed by atoms with Crippen LogP contribution >= 0.6 is 22.9 Å². The maximum atomic E-state index is 12.4. The summed E-state index contributed by atoms with van der Waals surface area (Å²) in [6, 6.07) is 5.60. The number of nitrogen functional groups attached to an aromatic ring is 1. The van der Waals surface area contributed by atoms with Crippen LogP contribution in [0.4, 0.5) is 20.2 Å². The minimum atomic E-state index is -3.02. The number of hydrogen-bond donors (Lipinski definition) is 2. The lowest BCUT2D eigenvalue weighted by Crippen LogP contribution is -2.21. The monoisotopic (exact) mass is 455 g/mol. The molecule has 11 heteroatoms. The SMILES string of the molecule is Cc1cc(C)c2c(N)c(C(=O)OCC(=O)Nc3ccc(OC(F)F)c(Cl)c3)sc2n1. The van der Waals surface area contributed by atoms with Crippen molar-refractivity contribution in [1.29, 1.82) is 0 Å². The summed E-state index contributed by atoms with van der Waals surface area (Å²) in [5, 5.41) is 3.02. The van der Waals surface area contributed by atoms with Gasteiger partial charge in [-0.3, -0.25) is 4.79 Å². The highest BCUT2D eigenvalue weighted by atomic mass is 35.5. The van der Waals surface area contributed by atoms with E-state index < -0.39 is 25.1 Å². The zero-order chi connectivity index (χ0) is 22.0. The van der Waals surface area contributed by atoms with Gasteiger partial charge >= 0.3 is 12.6 Å². The largest absolute Gasteiger partial charge is 0.451 e. The van der Waals surface area contributed by atoms with E-state index in [1.807, 2.05) is 19.9 Å². The summed E-state index contributed by atoms with van der Waals surface area (Å²) in [7, 11) is 0. The van der Waals surface area contributed by atoms with Gasteiger partial charge in [0.15, 0.2) is 6.61 Å². The third-order valence-corrected chi connectivity index (χ3v) is 5.35. The molecule has 1 amide bonds. The molecule has 2 heterocycles. The Morgan fingerprint density at radius 1 is 1.30 bits per heavy atom. The molecular formula is C19H16ClF2N3O4S. The molecule has 0 bridgehead atoms. The number of rotatable bonds is 6. The second kappa shape index (κ2) is 8.80. The fraction of sp³-hybridized carbons (Fsp3) is 0.211. The van der Waals surface area contributed by atoms with Gasteiger partial charge in [-0.25, -0.2) is 9.78 Å². The molecule has 0 aliphatic heterocycles. The molecule has 3 aromatic rings. The van der Waals surface area contributed by atoms with Crippen LogP contribution in [0.1, 0.15) is 20.9 Å². The number of esters is 1. The van der Waals surface area contributed by atoms with Crippen LogP contribution in [0, 0.1) is 13.8 Å². The summed E-state index contributed by atoms with van der Waals surface area (Å²) < 4.78 is 33.8. The first-order valence-electron chi connectivity index (χ1n) is 8.53. The molecule has 3 rings (SSSR count). The minimum absolute atomic E-state index is 0.110. The van der Waals surface area contributed by atoms with E-state index in [0.29, 0.717) is 10.2 Å². The van der Waals surface area contributed by atoms with E-state index >= 15 is 0 Å². The summed E-state index contributed by atoms with van der Waals surface area (Å²) in [6.45, 7) is 0.103. The lowest BCUT2D eigenvalue weighted by atomic mass is 10.1. The summed E-state index contributed by atoms with van der Waals surface area (Å²) in [6.07, 6.45) is 0. The smallest absolute Gasteiger partial charge is 0.387 e. The van der Waals surface area contributed by atoms with Gasteiger partial charge in [-0.1, -0.05) is 11.6 Å². The number of aryl methyl sites for hydroxylation is 2. The first kappa shape index (κ1) is 21.7. The van der Waals surface area contributed by atoms with Gasteiger partial charge < -0.3 is 20.5 Å². The number of aromatic nitrogens is 1. The fourth-order valence-electron chi connectivity index (χ4n) is 2.78. The number of amides is 1. The molecule has 2 aromatic heterocycles. The average molecular weight is 456 g/mol. The molecule has 0 spiro atoms. The number of pyridine rings is 1. The summed E-state index contributed by atoms with van der Waals surface area (Å²) in [5.74, 6) is -1.62. The van der Waals surface area contributed by atoms with Crippen LogP contribution in [0.2, 0.25) is 5.02 Å². The number of carbonyl (C=O) groups excluding carboxylic acids is 2. The van der Waals surface area contributed by atoms with Crippen LogP contribution in [0.15, 0.2) is 24.3 Å². The number of benzene rings is 1. The highest BCUT2D eigenvalue weighted by Gasteiger charge is 2.21. The molecule has 0 saturated heterocycles. The van der Waals surface area contributed by atoms with Crippen LogP contribution < -0.4 is 15.8 Å². The van der Waals surface area contributed by atoms with Gasteiger partial charge in [0.2, 0.25) is 0 Å². The topological polar surface area (TPSA) is 104 Å². The van der Waals surface area contributed by atoms with E-state index in [0.717, 1.165) is 22.6 Å². The summed E-state index contributed by atoms with van der Waals surface area (Å²) in [5.41, 5.74) is 8.24. The van der Waals surface area contributed by atoms with Gasteiger partial charge in [0.05, 0.1) is 10.7 Å². The van der Waals surface area contributed by atoms with E-state index in [4.69, 9.17) is 22.1 Å². The van der Waals surface area contributed by atoms with E-state index in [-0.39, 0.29) is 27.0 Å². The van der Waals surface area contributed by atoms with E-state index in [1.165, 1.54) is 18.2 Å². The summed E-state index contributed by atoms with van der Waals surface area (Å²) >= 11 is 6.92. The Balaban J connectivity index is 1.64. The van der Waals surface area contributed by atoms with Crippen molar-refractivity contribution in [2.45, 2.75) is 20.5 Å². The molecule has 0 saturated carbocycles. The molecule has 0 radical (unpaired) electrons. The van der Waals surface area contributed by atoms with Gasteiger partial charge in [-0.05, 0) is 43.7 Å². The molecule has 158 valence electrons. The molecule has 7 nitrogen and oxygen atoms in total. The van der Waals surface area contributed by atoms with Crippen LogP contribution in [0.3, 0.4) is 0 Å². The van der Waals surface area contributed by atoms with Gasteiger partial charge in [0.1, 0.15) is 15.5 Å². The fourth-order valence-corrected chi connectivity index (χ4v) is 4.12. The van der Waals surface area contributed by atoms with Crippen molar-refractivity contribution in [3.8, 4) is 5.75 Å². The predicted molar refractivity (Wildman–Crippen MR) is 111 cm³/mol. The molecule has 0 fully saturated rings. The van der Waals surface area contributed by atoms with Crippen LogP contribution in [-0.4, -0.2) is 30.1 Å². The summed E-state index contributed by atoms with van der Waals surface area (Å²) in [4.78, 5) is 29.6. The molecule has 0 atom stereocenters. The highest BCUT2D eigenvalue weighted by molar-refractivity contribution is 7.21. The zero-order valence-corrected chi connectivity index (χ0v) is 17.4. The van der Waals surface area contributed by atoms with E-state index in [1.54, 1.807) is 0 Å². The number of hydrogen-bond acceptors (Lipinski definition) is 7. The molecular weight excluding hydrogens is 440 g/mol. The number of nitrogens with two attached hydrogens (primary N) is 1. The van der Waals surface area contributed by atoms with Crippen molar-refractivity contribution < 1.29 is 27.8 Å². The van der Waals surface area contributed by atoms with Crippen molar-refractivity contribution >= 4 is 56.4 Å². The highest BCUT2D eigenvalue weighted by Crippen LogP contribution is 2.35. The number of ether oxygens (including phenoxy) is 2. The maximum absolute atomic E-state index is 12.4. The predicted octanol–water partition coefficient (Wildman–Crippen LogP) is 4.55. The Labute approximate surface area is 178 Å². The van der Waals surface area contributed by atoms with Gasteiger partial charge in [-0.15, -0.1) is 11.3 Å². The van der Waals surface area contributed by atoms with Gasteiger partial charge in [0.25, 0.3) is 5.91 Å². The number of carbonyl (C=O) groups is 2. The Kier molecular flexibility index (Phi) is 6.37. The van der Waals surface area contributed by atoms with Gasteiger partial charge in [0, 0.05) is 16.8 Å². The molecule has 0 unspecified atom stereocenters. The zero-order valence-electron chi connectivity index (χ0n) is 15.8. The first-order valence-corrected chi connectivity index (χ1v) is 9.72. The number of fused-ring (bicyclic) bond motifs is 1. The Morgan fingerprint density at radius 3 is 2.70 bits per heavy atom. The van der Waals surface area contributed by atoms with Gasteiger partial charge in [-0.2, -0.15) is 8.78 Å². The first-order chi connectivity index (χ1) is 14.2. The number of alkyl halides is 2. The molecule has 3 N–H and O–H groups in total. The number of nitrogens with zero attached hydrogens (tertiary/aromatic N) is 1. The van der Waals surface area contributed by atoms with Crippen molar-refractivity contribution in [3.63, 3.8) is 0 Å². The molecule has 30 heavy (non-hydrogen) atoms. The second-order valence-corrected chi connectivity index (χ2v) is 7.66. The molecule has 1 aromatic carbocycles. The minimum Gasteiger partial charge on any atom is -0.451 e. The van der Waals surface area contributed by atoms with Crippen LogP contribution in [0.5, 0.6) is 5.75 Å². The number of halogens is 3. The average Bonchev–Trinajstić information content (AvgIpc) is 2.98. The van der Waals surface area contributed by atoms with E-state index in [2.05, 4.69) is 15.0 Å². The number of thiophene rings is 1. The molecule has 0 aliphatic rings. The van der Waals surface area contributed by atoms with Crippen molar-refractivity contribution in [2.24, 2.45) is 0 Å². The standard InChI is InChI=1S/C19H16ClF2N3O4S/c1-8-5-9(2)24-17-14(8)15(23)16(30-17)18(27)28-7-13(26)25-10-3-4-12(11(20)6-10)29-19(21)22/h3-6,19H,7,23H2,1-2H3,(H,25,26). The number of anilines is 2. The maximum Gasteiger partial charge on any atom is 0.387 e. The van der Waals surface area contributed by atoms with Crippen molar-refractivity contribution in [1.82, 2.24) is 4.98 Å². The van der Waals surface area contributed by atoms with E-state index in [9.17, 15) is 18.4 Å². The Bertz CT molecular complexity index is 1140. The normalized spacial score (nSPS) is 11.0. The number of nitrogens with one attached hydrogen (secondary N) is 1. The third-order valence-electron chi connectivity index (χ3n) is 3.98. The lowest BCUT2D eigenvalue weighted by Gasteiger charge is -2.10. The molecule has 0 aliphatic carbocycles. The third kappa shape index (κ3) is 4.77. The van der Waals surface area contributed by atoms with Crippen LogP contribution in [-0.2, 0) is 9.53 Å².